The van der Waals surface area contributed by atoms with Crippen molar-refractivity contribution in [3.05, 3.63) is 165 Å². The topological polar surface area (TPSA) is 160 Å². The Balaban J connectivity index is 0.000000162. The summed E-state index contributed by atoms with van der Waals surface area (Å²) in [6.07, 6.45) is 18.0. The summed E-state index contributed by atoms with van der Waals surface area (Å²) in [5, 5.41) is 10.1. The predicted octanol–water partition coefficient (Wildman–Crippen LogP) is 8.24. The van der Waals surface area contributed by atoms with Crippen molar-refractivity contribution in [1.29, 1.82) is 0 Å². The molecule has 8 aromatic rings. The van der Waals surface area contributed by atoms with E-state index in [9.17, 15) is 0 Å². The Morgan fingerprint density at radius 2 is 1.05 bits per heavy atom. The molecule has 2 aliphatic rings. The summed E-state index contributed by atoms with van der Waals surface area (Å²) in [4.78, 5) is 26.3. The van der Waals surface area contributed by atoms with Gasteiger partial charge in [0, 0.05) is 35.9 Å². The number of aryl methyl sites for hydroxylation is 2. The van der Waals surface area contributed by atoms with E-state index in [0.717, 1.165) is 68.2 Å². The Bertz CT molecular complexity index is 2760. The first kappa shape index (κ1) is 42.3. The molecule has 18 heteroatoms. The van der Waals surface area contributed by atoms with Crippen LogP contribution < -0.4 is 9.47 Å². The second-order valence-electron chi connectivity index (χ2n) is 14.8. The molecule has 0 aliphatic carbocycles. The Labute approximate surface area is 378 Å². The molecule has 0 N–H and O–H groups in total. The molecule has 0 saturated heterocycles. The molecular formula is C46H42Cl2N12O4. The minimum absolute atomic E-state index is 0.318. The molecule has 2 aromatic carbocycles. The lowest BCUT2D eigenvalue weighted by atomic mass is 10.1. The van der Waals surface area contributed by atoms with Gasteiger partial charge in [-0.1, -0.05) is 59.6 Å². The van der Waals surface area contributed by atoms with Crippen LogP contribution in [0.3, 0.4) is 0 Å². The van der Waals surface area contributed by atoms with Crippen LogP contribution in [0.4, 0.5) is 0 Å². The zero-order chi connectivity index (χ0) is 44.2. The lowest BCUT2D eigenvalue weighted by Gasteiger charge is -2.22. The van der Waals surface area contributed by atoms with Gasteiger partial charge in [-0.2, -0.15) is 10.2 Å². The molecule has 64 heavy (non-hydrogen) atoms. The number of nitrogens with zero attached hydrogens (tertiary/aromatic N) is 12. The molecule has 0 spiro atoms. The van der Waals surface area contributed by atoms with Gasteiger partial charge in [0.2, 0.25) is 0 Å². The molecule has 16 nitrogen and oxygen atoms in total. The number of methoxy groups -OCH3 is 2. The molecule has 0 amide bonds. The summed E-state index contributed by atoms with van der Waals surface area (Å²) in [6.45, 7) is 6.33. The Morgan fingerprint density at radius 1 is 0.594 bits per heavy atom. The molecule has 0 bridgehead atoms. The van der Waals surface area contributed by atoms with Crippen molar-refractivity contribution in [3.63, 3.8) is 0 Å². The number of hydrogen-bond donors (Lipinski definition) is 0. The van der Waals surface area contributed by atoms with Crippen molar-refractivity contribution in [3.8, 4) is 22.9 Å². The van der Waals surface area contributed by atoms with Crippen molar-refractivity contribution >= 4 is 47.5 Å². The highest BCUT2D eigenvalue weighted by Crippen LogP contribution is 2.31. The van der Waals surface area contributed by atoms with Crippen molar-refractivity contribution in [2.45, 2.75) is 39.1 Å². The molecule has 8 heterocycles. The van der Waals surface area contributed by atoms with Crippen LogP contribution in [0.5, 0.6) is 11.5 Å². The maximum atomic E-state index is 5.94. The van der Waals surface area contributed by atoms with E-state index in [2.05, 4.69) is 30.1 Å². The van der Waals surface area contributed by atoms with Gasteiger partial charge in [-0.15, -0.1) is 0 Å². The summed E-state index contributed by atoms with van der Waals surface area (Å²) in [5.41, 5.74) is 7.50. The van der Waals surface area contributed by atoms with Gasteiger partial charge in [-0.25, -0.2) is 39.3 Å². The van der Waals surface area contributed by atoms with E-state index in [0.29, 0.717) is 48.3 Å². The summed E-state index contributed by atoms with van der Waals surface area (Å²) < 4.78 is 30.7. The fourth-order valence-electron chi connectivity index (χ4n) is 7.31. The first-order chi connectivity index (χ1) is 31.2. The molecule has 6 aromatic heterocycles. The molecule has 0 unspecified atom stereocenters. The third kappa shape index (κ3) is 9.35. The Morgan fingerprint density at radius 3 is 1.42 bits per heavy atom. The van der Waals surface area contributed by atoms with Gasteiger partial charge in [0.15, 0.2) is 23.3 Å². The van der Waals surface area contributed by atoms with Crippen LogP contribution >= 0.6 is 23.2 Å². The molecule has 2 aliphatic heterocycles. The second-order valence-corrected chi connectivity index (χ2v) is 15.6. The van der Waals surface area contributed by atoms with Gasteiger partial charge >= 0.3 is 0 Å². The largest absolute Gasteiger partial charge is 0.495 e. The first-order valence-corrected chi connectivity index (χ1v) is 21.1. The number of pyridine rings is 2. The number of aromatic nitrogens is 12. The second kappa shape index (κ2) is 18.8. The van der Waals surface area contributed by atoms with Gasteiger partial charge in [-0.05, 0) is 73.5 Å². The predicted molar refractivity (Wildman–Crippen MR) is 242 cm³/mol. The molecule has 2 atom stereocenters. The number of halogens is 2. The quantitative estimate of drug-likeness (QED) is 0.121. The number of hydrogen-bond acceptors (Lipinski definition) is 12. The van der Waals surface area contributed by atoms with Crippen molar-refractivity contribution in [2.24, 2.45) is 0 Å². The number of imidazole rings is 2. The molecule has 0 radical (unpaired) electrons. The smallest absolute Gasteiger partial charge is 0.174 e. The number of fused-ring (bicyclic) bond motifs is 2. The Kier molecular flexibility index (Phi) is 12.4. The molecule has 324 valence electrons. The lowest BCUT2D eigenvalue weighted by Crippen LogP contribution is -2.23. The molecule has 10 rings (SSSR count). The average molecular weight is 898 g/mol. The SMILES string of the molecule is COc1cc(/C=C/c2nc3n(n2)CCO[C@@H]3c2ccc(Cl)nc2)ccc1-n1cnc(C)c1.COc1cc(/C=C/c2nc3n(n2)CCO[C@H]3c2ccc(Cl)nc2)ccc1-n1cnc(C)c1. The van der Waals surface area contributed by atoms with Crippen LogP contribution in [0.15, 0.2) is 98.1 Å². The van der Waals surface area contributed by atoms with E-state index in [1.165, 1.54) is 0 Å². The van der Waals surface area contributed by atoms with Crippen LogP contribution in [0.1, 0.15) is 69.1 Å². The average Bonchev–Trinajstić information content (AvgIpc) is 4.15. The third-order valence-corrected chi connectivity index (χ3v) is 10.9. The van der Waals surface area contributed by atoms with Crippen LogP contribution in [-0.4, -0.2) is 86.0 Å². The normalized spacial score (nSPS) is 15.8. The van der Waals surface area contributed by atoms with Crippen molar-refractivity contribution < 1.29 is 18.9 Å². The zero-order valence-electron chi connectivity index (χ0n) is 35.3. The van der Waals surface area contributed by atoms with Gasteiger partial charge in [0.25, 0.3) is 0 Å². The number of benzene rings is 2. The van der Waals surface area contributed by atoms with Crippen LogP contribution in [-0.2, 0) is 22.6 Å². The molecule has 0 saturated carbocycles. The van der Waals surface area contributed by atoms with E-state index < -0.39 is 0 Å². The zero-order valence-corrected chi connectivity index (χ0v) is 36.8. The maximum Gasteiger partial charge on any atom is 0.174 e. The van der Waals surface area contributed by atoms with E-state index >= 15 is 0 Å². The molecular weight excluding hydrogens is 855 g/mol. The fraction of sp³-hybridized carbons (Fsp3) is 0.217. The summed E-state index contributed by atoms with van der Waals surface area (Å²) in [7, 11) is 3.32. The van der Waals surface area contributed by atoms with E-state index in [-0.39, 0.29) is 12.2 Å². The summed E-state index contributed by atoms with van der Waals surface area (Å²) in [5.74, 6) is 4.25. The third-order valence-electron chi connectivity index (χ3n) is 10.4. The first-order valence-electron chi connectivity index (χ1n) is 20.3. The van der Waals surface area contributed by atoms with Gasteiger partial charge in [0.05, 0.1) is 75.9 Å². The minimum atomic E-state index is -0.318. The highest BCUT2D eigenvalue weighted by atomic mass is 35.5. The fourth-order valence-corrected chi connectivity index (χ4v) is 7.53. The van der Waals surface area contributed by atoms with Crippen molar-refractivity contribution in [1.82, 2.24) is 58.6 Å². The molecule has 0 fully saturated rings. The summed E-state index contributed by atoms with van der Waals surface area (Å²) in [6, 6.07) is 19.3. The summed E-state index contributed by atoms with van der Waals surface area (Å²) >= 11 is 11.8. The Hall–Kier alpha value is -6.98. The van der Waals surface area contributed by atoms with Crippen LogP contribution in [0.25, 0.3) is 35.7 Å². The van der Waals surface area contributed by atoms with E-state index in [4.69, 9.17) is 52.1 Å². The van der Waals surface area contributed by atoms with Crippen LogP contribution in [0.2, 0.25) is 10.3 Å². The highest BCUT2D eigenvalue weighted by molar-refractivity contribution is 6.29. The van der Waals surface area contributed by atoms with Gasteiger partial charge < -0.3 is 28.1 Å². The van der Waals surface area contributed by atoms with Crippen molar-refractivity contribution in [2.75, 3.05) is 27.4 Å². The minimum Gasteiger partial charge on any atom is -0.495 e. The monoisotopic (exact) mass is 896 g/mol. The highest BCUT2D eigenvalue weighted by Gasteiger charge is 2.28. The van der Waals surface area contributed by atoms with Crippen LogP contribution in [0, 0.1) is 13.8 Å². The number of ether oxygens (including phenoxy) is 4. The van der Waals surface area contributed by atoms with Gasteiger partial charge in [-0.3, -0.25) is 0 Å². The van der Waals surface area contributed by atoms with E-state index in [1.807, 2.05) is 118 Å². The lowest BCUT2D eigenvalue weighted by molar-refractivity contribution is 0.0387. The standard InChI is InChI=1S/2C23H21ClN6O2/c2*1-15-13-29(14-26-15)18-6-3-16(11-19(18)31-2)4-8-21-27-23-22(32-10-9-30(23)28-21)17-5-7-20(24)25-12-17/h2*3-8,11-14,22H,9-10H2,1-2H3/b2*8-4+/t2*22-/m10/s1. The maximum absolute atomic E-state index is 5.94. The number of rotatable bonds is 10. The van der Waals surface area contributed by atoms with E-state index in [1.54, 1.807) is 51.4 Å². The van der Waals surface area contributed by atoms with Gasteiger partial charge in [0.1, 0.15) is 34.0 Å².